The van der Waals surface area contributed by atoms with Crippen LogP contribution in [0.15, 0.2) is 42.7 Å². The second-order valence-corrected chi connectivity index (χ2v) is 5.86. The van der Waals surface area contributed by atoms with E-state index in [9.17, 15) is 19.7 Å². The molecule has 0 aliphatic heterocycles. The molecular weight excluding hydrogens is 368 g/mol. The Morgan fingerprint density at radius 3 is 2.79 bits per heavy atom. The highest BCUT2D eigenvalue weighted by Crippen LogP contribution is 2.28. The maximum Gasteiger partial charge on any atom is 0.359 e. The molecule has 2 aromatic heterocycles. The third-order valence-electron chi connectivity index (χ3n) is 3.83. The number of amides is 1. The lowest BCUT2D eigenvalue weighted by Crippen LogP contribution is -2.21. The summed E-state index contributed by atoms with van der Waals surface area (Å²) in [5.41, 5.74) is 1.24. The van der Waals surface area contributed by atoms with Crippen molar-refractivity contribution >= 4 is 28.9 Å². The molecule has 144 valence electrons. The van der Waals surface area contributed by atoms with E-state index in [1.165, 1.54) is 31.5 Å². The lowest BCUT2D eigenvalue weighted by atomic mass is 10.2. The van der Waals surface area contributed by atoms with Crippen molar-refractivity contribution < 1.29 is 24.0 Å². The number of nitro groups is 1. The van der Waals surface area contributed by atoms with Gasteiger partial charge in [-0.05, 0) is 36.8 Å². The minimum atomic E-state index is -0.777. The van der Waals surface area contributed by atoms with Crippen molar-refractivity contribution in [3.8, 4) is 5.75 Å². The lowest BCUT2D eigenvalue weighted by Gasteiger charge is -2.07. The fourth-order valence-electron chi connectivity index (χ4n) is 2.47. The Morgan fingerprint density at radius 2 is 2.07 bits per heavy atom. The van der Waals surface area contributed by atoms with E-state index < -0.39 is 23.4 Å². The SMILES string of the molecule is COc1ccc(NC(=O)COC(=O)c2cn3ccc(C)cc3n2)c([N+](=O)[O-])c1. The van der Waals surface area contributed by atoms with Gasteiger partial charge in [0.05, 0.1) is 18.1 Å². The maximum atomic E-state index is 12.1. The third kappa shape index (κ3) is 4.06. The molecule has 3 rings (SSSR count). The number of anilines is 1. The summed E-state index contributed by atoms with van der Waals surface area (Å²) in [5.74, 6) is -1.22. The van der Waals surface area contributed by atoms with Crippen molar-refractivity contribution in [2.45, 2.75) is 6.92 Å². The molecule has 0 atom stereocenters. The van der Waals surface area contributed by atoms with Gasteiger partial charge in [-0.3, -0.25) is 14.9 Å². The first-order valence-electron chi connectivity index (χ1n) is 8.12. The van der Waals surface area contributed by atoms with E-state index in [2.05, 4.69) is 10.3 Å². The molecule has 0 fully saturated rings. The van der Waals surface area contributed by atoms with Gasteiger partial charge in [0.15, 0.2) is 12.3 Å². The Labute approximate surface area is 158 Å². The van der Waals surface area contributed by atoms with Crippen LogP contribution in [0.25, 0.3) is 5.65 Å². The predicted octanol–water partition coefficient (Wildman–Crippen LogP) is 2.36. The first kappa shape index (κ1) is 18.8. The minimum Gasteiger partial charge on any atom is -0.496 e. The maximum absolute atomic E-state index is 12.1. The normalized spacial score (nSPS) is 10.5. The second-order valence-electron chi connectivity index (χ2n) is 5.86. The third-order valence-corrected chi connectivity index (χ3v) is 3.83. The monoisotopic (exact) mass is 384 g/mol. The van der Waals surface area contributed by atoms with Crippen LogP contribution < -0.4 is 10.1 Å². The van der Waals surface area contributed by atoms with Gasteiger partial charge < -0.3 is 19.2 Å². The zero-order valence-electron chi connectivity index (χ0n) is 15.0. The van der Waals surface area contributed by atoms with Gasteiger partial charge in [0.25, 0.3) is 11.6 Å². The molecular formula is C18H16N4O6. The van der Waals surface area contributed by atoms with Gasteiger partial charge in [0.1, 0.15) is 17.1 Å². The second kappa shape index (κ2) is 7.74. The summed E-state index contributed by atoms with van der Waals surface area (Å²) >= 11 is 0. The summed E-state index contributed by atoms with van der Waals surface area (Å²) < 4.78 is 11.5. The Balaban J connectivity index is 1.65. The van der Waals surface area contributed by atoms with Crippen LogP contribution in [0.1, 0.15) is 16.1 Å². The van der Waals surface area contributed by atoms with Crippen molar-refractivity contribution in [3.63, 3.8) is 0 Å². The molecule has 10 heteroatoms. The fourth-order valence-corrected chi connectivity index (χ4v) is 2.47. The van der Waals surface area contributed by atoms with Gasteiger partial charge in [0.2, 0.25) is 0 Å². The summed E-state index contributed by atoms with van der Waals surface area (Å²) in [6, 6.07) is 7.64. The summed E-state index contributed by atoms with van der Waals surface area (Å²) in [5, 5.41) is 13.5. The van der Waals surface area contributed by atoms with Crippen LogP contribution in [0.3, 0.4) is 0 Å². The number of fused-ring (bicyclic) bond motifs is 1. The molecule has 10 nitrogen and oxygen atoms in total. The molecule has 0 saturated heterocycles. The topological polar surface area (TPSA) is 125 Å². The van der Waals surface area contributed by atoms with Gasteiger partial charge in [0, 0.05) is 12.4 Å². The van der Waals surface area contributed by atoms with Crippen LogP contribution in [0.5, 0.6) is 5.75 Å². The summed E-state index contributed by atoms with van der Waals surface area (Å²) in [6.45, 7) is 1.28. The lowest BCUT2D eigenvalue weighted by molar-refractivity contribution is -0.384. The number of nitrogens with one attached hydrogen (secondary N) is 1. The van der Waals surface area contributed by atoms with Crippen molar-refractivity contribution in [2.75, 3.05) is 19.0 Å². The Kier molecular flexibility index (Phi) is 5.21. The number of imidazole rings is 1. The van der Waals surface area contributed by atoms with Crippen LogP contribution in [0.4, 0.5) is 11.4 Å². The molecule has 0 unspecified atom stereocenters. The number of nitro benzene ring substituents is 1. The zero-order valence-corrected chi connectivity index (χ0v) is 15.0. The molecule has 1 amide bonds. The molecule has 28 heavy (non-hydrogen) atoms. The van der Waals surface area contributed by atoms with Gasteiger partial charge in [-0.1, -0.05) is 0 Å². The van der Waals surface area contributed by atoms with Gasteiger partial charge in [-0.25, -0.2) is 9.78 Å². The number of pyridine rings is 1. The van der Waals surface area contributed by atoms with Gasteiger partial charge in [-0.2, -0.15) is 0 Å². The molecule has 1 aromatic carbocycles. The van der Waals surface area contributed by atoms with E-state index >= 15 is 0 Å². The highest BCUT2D eigenvalue weighted by Gasteiger charge is 2.19. The predicted molar refractivity (Wildman–Crippen MR) is 98.5 cm³/mol. The van der Waals surface area contributed by atoms with Gasteiger partial charge >= 0.3 is 5.97 Å². The number of carbonyl (C=O) groups is 2. The highest BCUT2D eigenvalue weighted by atomic mass is 16.6. The number of benzene rings is 1. The number of aryl methyl sites for hydroxylation is 1. The van der Waals surface area contributed by atoms with E-state index in [0.29, 0.717) is 5.65 Å². The van der Waals surface area contributed by atoms with E-state index in [1.807, 2.05) is 13.0 Å². The van der Waals surface area contributed by atoms with Crippen molar-refractivity contribution in [1.82, 2.24) is 9.38 Å². The number of carbonyl (C=O) groups excluding carboxylic acids is 2. The molecule has 2 heterocycles. The van der Waals surface area contributed by atoms with Gasteiger partial charge in [-0.15, -0.1) is 0 Å². The Morgan fingerprint density at radius 1 is 1.29 bits per heavy atom. The molecule has 0 aliphatic rings. The van der Waals surface area contributed by atoms with Crippen LogP contribution >= 0.6 is 0 Å². The average molecular weight is 384 g/mol. The Hall–Kier alpha value is -3.95. The minimum absolute atomic E-state index is 0.0324. The quantitative estimate of drug-likeness (QED) is 0.393. The molecule has 3 aromatic rings. The average Bonchev–Trinajstić information content (AvgIpc) is 3.09. The summed E-state index contributed by atoms with van der Waals surface area (Å²) in [4.78, 5) is 38.8. The van der Waals surface area contributed by atoms with Crippen LogP contribution in [0.2, 0.25) is 0 Å². The standard InChI is InChI=1S/C18H16N4O6/c1-11-5-6-21-9-14(19-16(21)7-11)18(24)28-10-17(23)20-13-4-3-12(27-2)8-15(13)22(25)26/h3-9H,10H2,1-2H3,(H,20,23). The van der Waals surface area contributed by atoms with Crippen molar-refractivity contribution in [2.24, 2.45) is 0 Å². The van der Waals surface area contributed by atoms with Crippen LogP contribution in [-0.2, 0) is 9.53 Å². The number of ether oxygens (including phenoxy) is 2. The van der Waals surface area contributed by atoms with Crippen molar-refractivity contribution in [3.05, 3.63) is 64.1 Å². The number of hydrogen-bond donors (Lipinski definition) is 1. The molecule has 0 aliphatic carbocycles. The largest absolute Gasteiger partial charge is 0.496 e. The molecule has 0 bridgehead atoms. The van der Waals surface area contributed by atoms with E-state index in [1.54, 1.807) is 16.7 Å². The van der Waals surface area contributed by atoms with E-state index in [0.717, 1.165) is 5.56 Å². The summed E-state index contributed by atoms with van der Waals surface area (Å²) in [6.07, 6.45) is 3.24. The molecule has 0 radical (unpaired) electrons. The molecule has 1 N–H and O–H groups in total. The number of hydrogen-bond acceptors (Lipinski definition) is 7. The molecule has 0 saturated carbocycles. The van der Waals surface area contributed by atoms with Crippen LogP contribution in [-0.4, -0.2) is 39.9 Å². The van der Waals surface area contributed by atoms with E-state index in [-0.39, 0.29) is 22.8 Å². The molecule has 0 spiro atoms. The smallest absolute Gasteiger partial charge is 0.359 e. The zero-order chi connectivity index (χ0) is 20.3. The van der Waals surface area contributed by atoms with Crippen molar-refractivity contribution in [1.29, 1.82) is 0 Å². The number of esters is 1. The summed E-state index contributed by atoms with van der Waals surface area (Å²) in [7, 11) is 1.37. The number of methoxy groups -OCH3 is 1. The first-order valence-corrected chi connectivity index (χ1v) is 8.12. The number of aromatic nitrogens is 2. The first-order chi connectivity index (χ1) is 13.4. The fraction of sp³-hybridized carbons (Fsp3) is 0.167. The number of rotatable bonds is 6. The Bertz CT molecular complexity index is 1080. The number of nitrogens with zero attached hydrogens (tertiary/aromatic N) is 3. The highest BCUT2D eigenvalue weighted by molar-refractivity contribution is 5.96. The van der Waals surface area contributed by atoms with E-state index in [4.69, 9.17) is 9.47 Å². The van der Waals surface area contributed by atoms with Crippen LogP contribution in [0, 0.1) is 17.0 Å².